The molecule has 1 aliphatic rings. The molecular formula is C20H20N2O4S2. The zero-order valence-electron chi connectivity index (χ0n) is 15.1. The Kier molecular flexibility index (Phi) is 5.34. The number of furan rings is 1. The Bertz CT molecular complexity index is 1020. The maximum atomic E-state index is 13.1. The number of hydrogen-bond acceptors (Lipinski definition) is 5. The van der Waals surface area contributed by atoms with Crippen molar-refractivity contribution < 1.29 is 17.6 Å². The Labute approximate surface area is 167 Å². The fourth-order valence-electron chi connectivity index (χ4n) is 2.80. The molecule has 1 aromatic carbocycles. The second-order valence-corrected chi connectivity index (χ2v) is 9.84. The average Bonchev–Trinajstić information content (AvgIpc) is 3.15. The number of rotatable bonds is 8. The van der Waals surface area contributed by atoms with Crippen molar-refractivity contribution in [3.63, 3.8) is 0 Å². The molecular weight excluding hydrogens is 396 g/mol. The highest BCUT2D eigenvalue weighted by atomic mass is 32.2. The van der Waals surface area contributed by atoms with Gasteiger partial charge in [-0.05, 0) is 54.1 Å². The van der Waals surface area contributed by atoms with Crippen molar-refractivity contribution in [1.29, 1.82) is 0 Å². The van der Waals surface area contributed by atoms with Gasteiger partial charge in [-0.25, -0.2) is 8.42 Å². The van der Waals surface area contributed by atoms with Gasteiger partial charge >= 0.3 is 0 Å². The van der Waals surface area contributed by atoms with Crippen LogP contribution in [0, 0.1) is 0 Å². The third-order valence-electron chi connectivity index (χ3n) is 4.49. The molecule has 0 atom stereocenters. The van der Waals surface area contributed by atoms with Crippen LogP contribution in [-0.2, 0) is 23.1 Å². The van der Waals surface area contributed by atoms with Crippen molar-refractivity contribution in [2.45, 2.75) is 36.2 Å². The summed E-state index contributed by atoms with van der Waals surface area (Å²) in [5.74, 6) is 0.480. The summed E-state index contributed by atoms with van der Waals surface area (Å²) in [7, 11) is -3.65. The zero-order valence-corrected chi connectivity index (χ0v) is 16.7. The van der Waals surface area contributed by atoms with E-state index in [0.717, 1.165) is 18.4 Å². The molecule has 0 radical (unpaired) electrons. The van der Waals surface area contributed by atoms with Crippen LogP contribution >= 0.6 is 11.3 Å². The monoisotopic (exact) mass is 416 g/mol. The molecule has 0 spiro atoms. The number of carbonyl (C=O) groups excluding carboxylic acids is 1. The molecule has 0 aliphatic heterocycles. The fraction of sp³-hybridized carbons (Fsp3) is 0.250. The second-order valence-electron chi connectivity index (χ2n) is 6.73. The first kappa shape index (κ1) is 18.9. The molecule has 1 N–H and O–H groups in total. The van der Waals surface area contributed by atoms with E-state index in [0.29, 0.717) is 21.6 Å². The molecule has 2 heterocycles. The van der Waals surface area contributed by atoms with Crippen molar-refractivity contribution in [2.24, 2.45) is 0 Å². The molecule has 0 saturated heterocycles. The summed E-state index contributed by atoms with van der Waals surface area (Å²) in [5.41, 5.74) is 1.38. The van der Waals surface area contributed by atoms with Gasteiger partial charge in [0.05, 0.1) is 12.8 Å². The molecule has 2 aromatic heterocycles. The van der Waals surface area contributed by atoms with Crippen LogP contribution in [0.4, 0.5) is 0 Å². The third kappa shape index (κ3) is 4.35. The molecule has 28 heavy (non-hydrogen) atoms. The number of amides is 1. The molecule has 0 bridgehead atoms. The van der Waals surface area contributed by atoms with Crippen LogP contribution < -0.4 is 5.32 Å². The van der Waals surface area contributed by atoms with Gasteiger partial charge in [-0.15, -0.1) is 11.3 Å². The summed E-state index contributed by atoms with van der Waals surface area (Å²) in [6.45, 7) is 0.322. The standard InChI is InChI=1S/C20H20N2O4S2/c23-20(21-17-9-10-17)16-7-5-15(6-8-16)13-22(14-18-3-1-11-26-18)28(24,25)19-4-2-12-27-19/h1-8,11-12,17H,9-10,13-14H2,(H,21,23). The average molecular weight is 417 g/mol. The Hall–Kier alpha value is -2.42. The van der Waals surface area contributed by atoms with E-state index in [1.165, 1.54) is 21.9 Å². The number of sulfonamides is 1. The van der Waals surface area contributed by atoms with E-state index in [-0.39, 0.29) is 19.0 Å². The molecule has 1 aliphatic carbocycles. The van der Waals surface area contributed by atoms with Crippen LogP contribution in [0.1, 0.15) is 34.5 Å². The Morgan fingerprint density at radius 1 is 1.11 bits per heavy atom. The van der Waals surface area contributed by atoms with Crippen molar-refractivity contribution in [1.82, 2.24) is 9.62 Å². The SMILES string of the molecule is O=C(NC1CC1)c1ccc(CN(Cc2ccco2)S(=O)(=O)c2cccs2)cc1. The lowest BCUT2D eigenvalue weighted by molar-refractivity contribution is 0.0951. The van der Waals surface area contributed by atoms with Crippen LogP contribution in [-0.4, -0.2) is 24.7 Å². The highest BCUT2D eigenvalue weighted by Gasteiger charge is 2.27. The molecule has 4 rings (SSSR count). The minimum atomic E-state index is -3.65. The van der Waals surface area contributed by atoms with Crippen molar-refractivity contribution >= 4 is 27.3 Å². The van der Waals surface area contributed by atoms with Gasteiger partial charge < -0.3 is 9.73 Å². The molecule has 6 nitrogen and oxygen atoms in total. The second kappa shape index (κ2) is 7.90. The van der Waals surface area contributed by atoms with Crippen molar-refractivity contribution in [3.8, 4) is 0 Å². The summed E-state index contributed by atoms with van der Waals surface area (Å²) < 4.78 is 33.1. The number of benzene rings is 1. The van der Waals surface area contributed by atoms with Gasteiger partial charge in [-0.2, -0.15) is 4.31 Å². The van der Waals surface area contributed by atoms with Crippen LogP contribution in [0.3, 0.4) is 0 Å². The largest absolute Gasteiger partial charge is 0.468 e. The van der Waals surface area contributed by atoms with Crippen LogP contribution in [0.2, 0.25) is 0 Å². The summed E-state index contributed by atoms with van der Waals surface area (Å²) >= 11 is 1.19. The summed E-state index contributed by atoms with van der Waals surface area (Å²) in [6, 6.07) is 14.1. The first-order chi connectivity index (χ1) is 13.5. The zero-order chi connectivity index (χ0) is 19.6. The number of thiophene rings is 1. The predicted molar refractivity (Wildman–Crippen MR) is 106 cm³/mol. The lowest BCUT2D eigenvalue weighted by atomic mass is 10.1. The quantitative estimate of drug-likeness (QED) is 0.608. The van der Waals surface area contributed by atoms with Crippen molar-refractivity contribution in [2.75, 3.05) is 0 Å². The Morgan fingerprint density at radius 2 is 1.89 bits per heavy atom. The highest BCUT2D eigenvalue weighted by Crippen LogP contribution is 2.25. The van der Waals surface area contributed by atoms with Gasteiger partial charge in [0.15, 0.2) is 0 Å². The summed E-state index contributed by atoms with van der Waals surface area (Å²) in [4.78, 5) is 12.1. The Balaban J connectivity index is 1.54. The molecule has 8 heteroatoms. The summed E-state index contributed by atoms with van der Waals surface area (Å²) in [5, 5.41) is 4.69. The topological polar surface area (TPSA) is 79.6 Å². The number of nitrogens with zero attached hydrogens (tertiary/aromatic N) is 1. The van der Waals surface area contributed by atoms with Gasteiger partial charge in [0.2, 0.25) is 0 Å². The predicted octanol–water partition coefficient (Wildman–Crippen LogP) is 3.62. The lowest BCUT2D eigenvalue weighted by Gasteiger charge is -2.20. The van der Waals surface area contributed by atoms with E-state index in [9.17, 15) is 13.2 Å². The molecule has 0 unspecified atom stereocenters. The van der Waals surface area contributed by atoms with Crippen molar-refractivity contribution in [3.05, 3.63) is 77.1 Å². The molecule has 1 amide bonds. The third-order valence-corrected chi connectivity index (χ3v) is 7.65. The van der Waals surface area contributed by atoms with Gasteiger partial charge in [0.1, 0.15) is 9.97 Å². The van der Waals surface area contributed by atoms with Crippen LogP contribution in [0.5, 0.6) is 0 Å². The molecule has 1 saturated carbocycles. The minimum absolute atomic E-state index is 0.0901. The first-order valence-corrected chi connectivity index (χ1v) is 11.3. The van der Waals surface area contributed by atoms with E-state index in [4.69, 9.17) is 4.42 Å². The summed E-state index contributed by atoms with van der Waals surface area (Å²) in [6.07, 6.45) is 3.59. The maximum Gasteiger partial charge on any atom is 0.253 e. The van der Waals surface area contributed by atoms with Gasteiger partial charge in [-0.1, -0.05) is 18.2 Å². The molecule has 1 fully saturated rings. The van der Waals surface area contributed by atoms with E-state index in [1.54, 1.807) is 53.9 Å². The van der Waals surface area contributed by atoms with Gasteiger partial charge in [0.25, 0.3) is 15.9 Å². The molecule has 3 aromatic rings. The molecule has 146 valence electrons. The maximum absolute atomic E-state index is 13.1. The van der Waals surface area contributed by atoms with E-state index >= 15 is 0 Å². The highest BCUT2D eigenvalue weighted by molar-refractivity contribution is 7.91. The first-order valence-electron chi connectivity index (χ1n) is 8.98. The normalized spacial score (nSPS) is 14.3. The van der Waals surface area contributed by atoms with Crippen LogP contribution in [0.15, 0.2) is 68.8 Å². The number of carbonyl (C=O) groups is 1. The number of nitrogens with one attached hydrogen (secondary N) is 1. The van der Waals surface area contributed by atoms with E-state index < -0.39 is 10.0 Å². The van der Waals surface area contributed by atoms with Crippen LogP contribution in [0.25, 0.3) is 0 Å². The van der Waals surface area contributed by atoms with E-state index in [2.05, 4.69) is 5.32 Å². The van der Waals surface area contributed by atoms with E-state index in [1.807, 2.05) is 0 Å². The van der Waals surface area contributed by atoms with Gasteiger partial charge in [0, 0.05) is 18.2 Å². The Morgan fingerprint density at radius 3 is 2.50 bits per heavy atom. The minimum Gasteiger partial charge on any atom is -0.468 e. The fourth-order valence-corrected chi connectivity index (χ4v) is 5.34. The smallest absolute Gasteiger partial charge is 0.253 e. The number of hydrogen-bond donors (Lipinski definition) is 1. The van der Waals surface area contributed by atoms with Gasteiger partial charge in [-0.3, -0.25) is 4.79 Å². The lowest BCUT2D eigenvalue weighted by Crippen LogP contribution is -2.29.